The zero-order valence-electron chi connectivity index (χ0n) is 11.6. The summed E-state index contributed by atoms with van der Waals surface area (Å²) in [4.78, 5) is 25.2. The van der Waals surface area contributed by atoms with E-state index < -0.39 is 23.7 Å². The smallest absolute Gasteiger partial charge is 0.411 e. The van der Waals surface area contributed by atoms with Gasteiger partial charge < -0.3 is 9.47 Å². The van der Waals surface area contributed by atoms with Crippen molar-refractivity contribution in [3.05, 3.63) is 0 Å². The molecular formula is C13H20N2O4. The maximum absolute atomic E-state index is 11.9. The minimum Gasteiger partial charge on any atom is -0.463 e. The summed E-state index contributed by atoms with van der Waals surface area (Å²) in [6.07, 6.45) is 0.986. The van der Waals surface area contributed by atoms with Gasteiger partial charge >= 0.3 is 12.1 Å². The van der Waals surface area contributed by atoms with E-state index in [0.717, 1.165) is 6.42 Å². The van der Waals surface area contributed by atoms with Gasteiger partial charge in [0, 0.05) is 6.54 Å². The van der Waals surface area contributed by atoms with E-state index in [1.54, 1.807) is 20.8 Å². The summed E-state index contributed by atoms with van der Waals surface area (Å²) in [5, 5.41) is 8.39. The van der Waals surface area contributed by atoms with Gasteiger partial charge in [-0.05, 0) is 33.6 Å². The number of carbonyl (C=O) groups excluding carboxylic acids is 2. The summed E-state index contributed by atoms with van der Waals surface area (Å²) in [5.74, 6) is -0.460. The highest BCUT2D eigenvalue weighted by molar-refractivity contribution is 5.82. The molecule has 6 nitrogen and oxygen atoms in total. The Labute approximate surface area is 113 Å². The molecule has 0 bridgehead atoms. The topological polar surface area (TPSA) is 79.6 Å². The van der Waals surface area contributed by atoms with Crippen LogP contribution in [0.5, 0.6) is 0 Å². The molecule has 1 saturated heterocycles. The third kappa shape index (κ3) is 4.78. The lowest BCUT2D eigenvalue weighted by atomic mass is 10.2. The lowest BCUT2D eigenvalue weighted by Gasteiger charge is -2.27. The highest BCUT2D eigenvalue weighted by Crippen LogP contribution is 2.21. The molecule has 0 spiro atoms. The Morgan fingerprint density at radius 1 is 1.42 bits per heavy atom. The average Bonchev–Trinajstić information content (AvgIpc) is 2.75. The number of hydrogen-bond acceptors (Lipinski definition) is 5. The van der Waals surface area contributed by atoms with Crippen LogP contribution in [0.25, 0.3) is 0 Å². The Bertz CT molecular complexity index is 381. The highest BCUT2D eigenvalue weighted by Gasteiger charge is 2.37. The Hall–Kier alpha value is -1.77. The van der Waals surface area contributed by atoms with Crippen LogP contribution in [0.15, 0.2) is 0 Å². The van der Waals surface area contributed by atoms with Crippen molar-refractivity contribution in [2.24, 2.45) is 0 Å². The number of nitriles is 1. The first-order valence-corrected chi connectivity index (χ1v) is 6.38. The summed E-state index contributed by atoms with van der Waals surface area (Å²) >= 11 is 0. The monoisotopic (exact) mass is 268 g/mol. The number of ether oxygens (including phenoxy) is 2. The predicted octanol–water partition coefficient (Wildman–Crippen LogP) is 1.84. The molecule has 1 fully saturated rings. The Balaban J connectivity index is 2.56. The van der Waals surface area contributed by atoms with Crippen molar-refractivity contribution in [3.63, 3.8) is 0 Å². The second kappa shape index (κ2) is 6.41. The molecule has 1 rings (SSSR count). The molecule has 0 aliphatic carbocycles. The van der Waals surface area contributed by atoms with Crippen LogP contribution in [0.1, 0.15) is 40.0 Å². The van der Waals surface area contributed by atoms with Crippen molar-refractivity contribution in [2.75, 3.05) is 13.2 Å². The van der Waals surface area contributed by atoms with Gasteiger partial charge in [0.15, 0.2) is 0 Å². The number of rotatable bonds is 3. The molecule has 6 heteroatoms. The number of esters is 1. The fraction of sp³-hybridized carbons (Fsp3) is 0.769. The number of likely N-dealkylation sites (tertiary alicyclic amines) is 1. The van der Waals surface area contributed by atoms with E-state index in [1.807, 2.05) is 6.07 Å². The lowest BCUT2D eigenvalue weighted by molar-refractivity contribution is -0.148. The van der Waals surface area contributed by atoms with Crippen molar-refractivity contribution in [1.82, 2.24) is 4.90 Å². The van der Waals surface area contributed by atoms with E-state index in [4.69, 9.17) is 14.7 Å². The predicted molar refractivity (Wildman–Crippen MR) is 67.2 cm³/mol. The van der Waals surface area contributed by atoms with Gasteiger partial charge in [0.25, 0.3) is 0 Å². The van der Waals surface area contributed by atoms with E-state index in [9.17, 15) is 9.59 Å². The first-order chi connectivity index (χ1) is 8.85. The van der Waals surface area contributed by atoms with Crippen molar-refractivity contribution in [3.8, 4) is 6.07 Å². The van der Waals surface area contributed by atoms with Crippen LogP contribution in [-0.4, -0.2) is 41.8 Å². The Morgan fingerprint density at radius 2 is 2.11 bits per heavy atom. The molecule has 0 aromatic rings. The van der Waals surface area contributed by atoms with E-state index in [1.165, 1.54) is 4.90 Å². The average molecular weight is 268 g/mol. The van der Waals surface area contributed by atoms with Crippen LogP contribution < -0.4 is 0 Å². The van der Waals surface area contributed by atoms with Crippen molar-refractivity contribution in [1.29, 1.82) is 5.26 Å². The molecule has 1 atom stereocenters. The molecule has 19 heavy (non-hydrogen) atoms. The third-order valence-corrected chi connectivity index (χ3v) is 2.61. The standard InChI is InChI=1S/C13H20N2O4/c1-13(2,3)19-12(17)15-8-4-6-10(15)11(16)18-9-5-7-14/h10H,4-6,8-9H2,1-3H3/t10-/m0/s1. The van der Waals surface area contributed by atoms with Crippen LogP contribution in [-0.2, 0) is 14.3 Å². The van der Waals surface area contributed by atoms with Crippen molar-refractivity contribution < 1.29 is 19.1 Å². The molecule has 0 N–H and O–H groups in total. The fourth-order valence-electron chi connectivity index (χ4n) is 1.84. The SMILES string of the molecule is CC(C)(C)OC(=O)N1CCC[C@H]1C(=O)OCCC#N. The molecule has 1 heterocycles. The van der Waals surface area contributed by atoms with Crippen molar-refractivity contribution in [2.45, 2.75) is 51.7 Å². The van der Waals surface area contributed by atoms with E-state index in [0.29, 0.717) is 13.0 Å². The van der Waals surface area contributed by atoms with E-state index in [2.05, 4.69) is 0 Å². The Kier molecular flexibility index (Phi) is 5.16. The third-order valence-electron chi connectivity index (χ3n) is 2.61. The quantitative estimate of drug-likeness (QED) is 0.576. The maximum atomic E-state index is 11.9. The van der Waals surface area contributed by atoms with Crippen LogP contribution >= 0.6 is 0 Å². The zero-order chi connectivity index (χ0) is 14.5. The second-order valence-corrected chi connectivity index (χ2v) is 5.41. The molecule has 0 aromatic carbocycles. The summed E-state index contributed by atoms with van der Waals surface area (Å²) in [6, 6.07) is 1.31. The Morgan fingerprint density at radius 3 is 2.68 bits per heavy atom. The molecule has 106 valence electrons. The van der Waals surface area contributed by atoms with Gasteiger partial charge in [-0.15, -0.1) is 0 Å². The highest BCUT2D eigenvalue weighted by atomic mass is 16.6. The van der Waals surface area contributed by atoms with Gasteiger partial charge in [-0.2, -0.15) is 5.26 Å². The van der Waals surface area contributed by atoms with Gasteiger partial charge in [0.1, 0.15) is 18.2 Å². The normalized spacial score (nSPS) is 18.8. The summed E-state index contributed by atoms with van der Waals surface area (Å²) in [7, 11) is 0. The van der Waals surface area contributed by atoms with Crippen LogP contribution in [0.3, 0.4) is 0 Å². The summed E-state index contributed by atoms with van der Waals surface area (Å²) < 4.78 is 10.2. The van der Waals surface area contributed by atoms with Gasteiger partial charge in [-0.3, -0.25) is 4.90 Å². The zero-order valence-corrected chi connectivity index (χ0v) is 11.6. The molecule has 0 saturated carbocycles. The van der Waals surface area contributed by atoms with Crippen LogP contribution in [0.4, 0.5) is 4.79 Å². The first kappa shape index (κ1) is 15.3. The number of hydrogen-bond donors (Lipinski definition) is 0. The molecule has 1 amide bonds. The van der Waals surface area contributed by atoms with Gasteiger partial charge in [-0.25, -0.2) is 9.59 Å². The minimum atomic E-state index is -0.589. The molecule has 1 aliphatic rings. The minimum absolute atomic E-state index is 0.0635. The van der Waals surface area contributed by atoms with Gasteiger partial charge in [0.2, 0.25) is 0 Å². The van der Waals surface area contributed by atoms with Crippen LogP contribution in [0, 0.1) is 11.3 Å². The van der Waals surface area contributed by atoms with E-state index >= 15 is 0 Å². The maximum Gasteiger partial charge on any atom is 0.411 e. The van der Waals surface area contributed by atoms with E-state index in [-0.39, 0.29) is 13.0 Å². The number of nitrogens with zero attached hydrogens (tertiary/aromatic N) is 2. The second-order valence-electron chi connectivity index (χ2n) is 5.41. The molecule has 1 aliphatic heterocycles. The number of carbonyl (C=O) groups is 2. The molecular weight excluding hydrogens is 248 g/mol. The number of amides is 1. The molecule has 0 unspecified atom stereocenters. The summed E-state index contributed by atoms with van der Waals surface area (Å²) in [5.41, 5.74) is -0.588. The lowest BCUT2D eigenvalue weighted by Crippen LogP contribution is -2.44. The van der Waals surface area contributed by atoms with Gasteiger partial charge in [-0.1, -0.05) is 0 Å². The largest absolute Gasteiger partial charge is 0.463 e. The summed E-state index contributed by atoms with van der Waals surface area (Å²) in [6.45, 7) is 5.89. The molecule has 0 radical (unpaired) electrons. The van der Waals surface area contributed by atoms with Crippen molar-refractivity contribution >= 4 is 12.1 Å². The fourth-order valence-corrected chi connectivity index (χ4v) is 1.84. The molecule has 0 aromatic heterocycles. The van der Waals surface area contributed by atoms with Crippen LogP contribution in [0.2, 0.25) is 0 Å². The first-order valence-electron chi connectivity index (χ1n) is 6.38. The van der Waals surface area contributed by atoms with Gasteiger partial charge in [0.05, 0.1) is 12.5 Å².